The molecule has 0 saturated heterocycles. The molecular formula is C16H20NO6P. The van der Waals surface area contributed by atoms with Gasteiger partial charge in [0.2, 0.25) is 0 Å². The fourth-order valence-electron chi connectivity index (χ4n) is 2.51. The Labute approximate surface area is 139 Å². The van der Waals surface area contributed by atoms with Crippen molar-refractivity contribution in [2.45, 2.75) is 25.4 Å². The highest BCUT2D eigenvalue weighted by Crippen LogP contribution is 2.41. The topological polar surface area (TPSA) is 130 Å². The molecule has 2 atom stereocenters. The van der Waals surface area contributed by atoms with Gasteiger partial charge in [-0.3, -0.25) is 5.09 Å². The largest absolute Gasteiger partial charge is 0.508 e. The molecule has 0 aromatic heterocycles. The van der Waals surface area contributed by atoms with Crippen LogP contribution in [-0.2, 0) is 4.57 Å². The molecule has 2 aromatic rings. The molecule has 0 aliphatic carbocycles. The Bertz CT molecular complexity index is 760. The monoisotopic (exact) mass is 353 g/mol. The predicted molar refractivity (Wildman–Crippen MR) is 89.9 cm³/mol. The quantitative estimate of drug-likeness (QED) is 0.348. The molecule has 8 heteroatoms. The van der Waals surface area contributed by atoms with Crippen LogP contribution in [0.15, 0.2) is 42.5 Å². The predicted octanol–water partition coefficient (Wildman–Crippen LogP) is 2.83. The molecule has 0 spiro atoms. The van der Waals surface area contributed by atoms with Gasteiger partial charge in [0.1, 0.15) is 11.5 Å². The SMILES string of the molecule is CC(CC(O)c1cc(O)ccc1NP(=O)(O)O)c1cccc(O)c1. The molecule has 0 aliphatic rings. The summed E-state index contributed by atoms with van der Waals surface area (Å²) in [6, 6.07) is 10.5. The molecule has 2 rings (SSSR count). The zero-order chi connectivity index (χ0) is 17.9. The molecule has 0 saturated carbocycles. The number of anilines is 1. The van der Waals surface area contributed by atoms with Crippen molar-refractivity contribution in [3.8, 4) is 11.5 Å². The van der Waals surface area contributed by atoms with Crippen LogP contribution in [0, 0.1) is 0 Å². The summed E-state index contributed by atoms with van der Waals surface area (Å²) in [5.74, 6) is -0.127. The summed E-state index contributed by atoms with van der Waals surface area (Å²) < 4.78 is 11.2. The van der Waals surface area contributed by atoms with Gasteiger partial charge < -0.3 is 25.1 Å². The number of aromatic hydroxyl groups is 2. The molecule has 24 heavy (non-hydrogen) atoms. The summed E-state index contributed by atoms with van der Waals surface area (Å²) in [5, 5.41) is 31.6. The van der Waals surface area contributed by atoms with Gasteiger partial charge in [0.15, 0.2) is 0 Å². The molecule has 0 fully saturated rings. The first-order valence-electron chi connectivity index (χ1n) is 7.29. The first-order chi connectivity index (χ1) is 11.2. The Morgan fingerprint density at radius 3 is 2.38 bits per heavy atom. The third kappa shape index (κ3) is 4.97. The van der Waals surface area contributed by atoms with Crippen LogP contribution in [0.4, 0.5) is 5.69 Å². The van der Waals surface area contributed by atoms with E-state index >= 15 is 0 Å². The maximum atomic E-state index is 11.2. The number of phenolic OH excluding ortho intramolecular Hbond substituents is 2. The summed E-state index contributed by atoms with van der Waals surface area (Å²) in [5.41, 5.74) is 1.06. The molecule has 0 heterocycles. The number of aliphatic hydroxyl groups is 1. The highest BCUT2D eigenvalue weighted by Gasteiger charge is 2.21. The average Bonchev–Trinajstić information content (AvgIpc) is 2.47. The van der Waals surface area contributed by atoms with Crippen molar-refractivity contribution >= 4 is 13.4 Å². The van der Waals surface area contributed by atoms with Crippen LogP contribution in [0.2, 0.25) is 0 Å². The van der Waals surface area contributed by atoms with E-state index in [-0.39, 0.29) is 35.1 Å². The van der Waals surface area contributed by atoms with Crippen molar-refractivity contribution in [3.05, 3.63) is 53.6 Å². The third-order valence-corrected chi connectivity index (χ3v) is 4.21. The van der Waals surface area contributed by atoms with Crippen LogP contribution in [0.1, 0.15) is 36.5 Å². The molecule has 2 unspecified atom stereocenters. The fourth-order valence-corrected chi connectivity index (χ4v) is 3.03. The molecule has 7 nitrogen and oxygen atoms in total. The normalized spacial score (nSPS) is 14.2. The van der Waals surface area contributed by atoms with Gasteiger partial charge in [-0.25, -0.2) is 4.57 Å². The van der Waals surface area contributed by atoms with Gasteiger partial charge in [-0.15, -0.1) is 0 Å². The summed E-state index contributed by atoms with van der Waals surface area (Å²) in [4.78, 5) is 18.1. The van der Waals surface area contributed by atoms with E-state index in [1.54, 1.807) is 18.2 Å². The van der Waals surface area contributed by atoms with Gasteiger partial charge in [-0.2, -0.15) is 0 Å². The smallest absolute Gasteiger partial charge is 0.427 e. The highest BCUT2D eigenvalue weighted by atomic mass is 31.2. The number of rotatable bonds is 6. The second-order valence-corrected chi connectivity index (χ2v) is 6.99. The minimum atomic E-state index is -4.54. The van der Waals surface area contributed by atoms with E-state index in [0.717, 1.165) is 5.56 Å². The van der Waals surface area contributed by atoms with Crippen LogP contribution in [0.5, 0.6) is 11.5 Å². The number of hydrogen-bond acceptors (Lipinski definition) is 4. The van der Waals surface area contributed by atoms with E-state index < -0.39 is 13.9 Å². The molecule has 130 valence electrons. The zero-order valence-electron chi connectivity index (χ0n) is 13.0. The summed E-state index contributed by atoms with van der Waals surface area (Å²) in [6.07, 6.45) is -0.827. The van der Waals surface area contributed by atoms with Crippen molar-refractivity contribution in [3.63, 3.8) is 0 Å². The first-order valence-corrected chi connectivity index (χ1v) is 8.90. The molecule has 0 radical (unpaired) electrons. The molecule has 6 N–H and O–H groups in total. The lowest BCUT2D eigenvalue weighted by atomic mass is 9.91. The van der Waals surface area contributed by atoms with E-state index in [2.05, 4.69) is 0 Å². The summed E-state index contributed by atoms with van der Waals surface area (Å²) >= 11 is 0. The minimum Gasteiger partial charge on any atom is -0.508 e. The van der Waals surface area contributed by atoms with Gasteiger partial charge in [0.05, 0.1) is 6.10 Å². The van der Waals surface area contributed by atoms with Crippen molar-refractivity contribution in [1.29, 1.82) is 0 Å². The standard InChI is InChI=1S/C16H20NO6P/c1-10(11-3-2-4-12(18)8-11)7-16(20)14-9-13(19)5-6-15(14)17-24(21,22)23/h2-6,8-10,16,18-20H,7H2,1H3,(H3,17,21,22,23). The Kier molecular flexibility index (Phi) is 5.51. The van der Waals surface area contributed by atoms with Crippen molar-refractivity contribution in [2.75, 3.05) is 5.09 Å². The lowest BCUT2D eigenvalue weighted by molar-refractivity contribution is 0.160. The fraction of sp³-hybridized carbons (Fsp3) is 0.250. The Morgan fingerprint density at radius 1 is 1.08 bits per heavy atom. The van der Waals surface area contributed by atoms with E-state index in [9.17, 15) is 19.9 Å². The van der Waals surface area contributed by atoms with Crippen molar-refractivity contribution < 1.29 is 29.7 Å². The van der Waals surface area contributed by atoms with Gasteiger partial charge in [0, 0.05) is 11.3 Å². The van der Waals surface area contributed by atoms with Gasteiger partial charge >= 0.3 is 7.75 Å². The van der Waals surface area contributed by atoms with Crippen LogP contribution in [0.3, 0.4) is 0 Å². The molecule has 0 aliphatic heterocycles. The Hall–Kier alpha value is -2.05. The maximum Gasteiger partial charge on any atom is 0.427 e. The third-order valence-electron chi connectivity index (χ3n) is 3.68. The van der Waals surface area contributed by atoms with E-state index in [4.69, 9.17) is 9.79 Å². The van der Waals surface area contributed by atoms with Crippen LogP contribution in [-0.4, -0.2) is 25.1 Å². The number of phenols is 2. The van der Waals surface area contributed by atoms with Crippen molar-refractivity contribution in [2.24, 2.45) is 0 Å². The van der Waals surface area contributed by atoms with Gasteiger partial charge in [-0.1, -0.05) is 19.1 Å². The number of hydrogen-bond donors (Lipinski definition) is 6. The molecular weight excluding hydrogens is 333 g/mol. The Balaban J connectivity index is 2.24. The second kappa shape index (κ2) is 7.23. The zero-order valence-corrected chi connectivity index (χ0v) is 13.9. The average molecular weight is 353 g/mol. The summed E-state index contributed by atoms with van der Waals surface area (Å²) in [7, 11) is -4.54. The Morgan fingerprint density at radius 2 is 1.75 bits per heavy atom. The minimum absolute atomic E-state index is 0.0525. The second-order valence-electron chi connectivity index (χ2n) is 5.67. The van der Waals surface area contributed by atoms with Crippen LogP contribution < -0.4 is 5.09 Å². The number of nitrogens with one attached hydrogen (secondary N) is 1. The van der Waals surface area contributed by atoms with Crippen LogP contribution in [0.25, 0.3) is 0 Å². The van der Waals surface area contributed by atoms with E-state index in [1.165, 1.54) is 18.2 Å². The molecule has 0 bridgehead atoms. The number of benzene rings is 2. The van der Waals surface area contributed by atoms with Crippen molar-refractivity contribution in [1.82, 2.24) is 0 Å². The van der Waals surface area contributed by atoms with Gasteiger partial charge in [-0.05, 0) is 48.2 Å². The lowest BCUT2D eigenvalue weighted by Gasteiger charge is -2.21. The van der Waals surface area contributed by atoms with Crippen LogP contribution >= 0.6 is 7.75 Å². The maximum absolute atomic E-state index is 11.2. The molecule has 2 aromatic carbocycles. The lowest BCUT2D eigenvalue weighted by Crippen LogP contribution is -2.07. The molecule has 0 amide bonds. The van der Waals surface area contributed by atoms with Gasteiger partial charge in [0.25, 0.3) is 0 Å². The first kappa shape index (κ1) is 18.3. The van der Waals surface area contributed by atoms with E-state index in [1.807, 2.05) is 18.1 Å². The highest BCUT2D eigenvalue weighted by molar-refractivity contribution is 7.53. The number of aliphatic hydroxyl groups excluding tert-OH is 1. The summed E-state index contributed by atoms with van der Waals surface area (Å²) in [6.45, 7) is 1.86. The van der Waals surface area contributed by atoms with E-state index in [0.29, 0.717) is 0 Å².